The lowest BCUT2D eigenvalue weighted by Gasteiger charge is -2.15. The molecule has 0 spiro atoms. The molecule has 0 fully saturated rings. The van der Waals surface area contributed by atoms with E-state index in [1.807, 2.05) is 25.1 Å². The van der Waals surface area contributed by atoms with E-state index in [1.165, 1.54) is 11.8 Å². The van der Waals surface area contributed by atoms with Gasteiger partial charge in [0.25, 0.3) is 0 Å². The number of hydrogen-bond donors (Lipinski definition) is 2. The second-order valence-electron chi connectivity index (χ2n) is 5.51. The fraction of sp³-hybridized carbons (Fsp3) is 0.235. The lowest BCUT2D eigenvalue weighted by Crippen LogP contribution is -2.28. The minimum absolute atomic E-state index is 0.00229. The number of benzene rings is 1. The number of nitrogens with one attached hydrogen (secondary N) is 2. The van der Waals surface area contributed by atoms with Gasteiger partial charge in [-0.3, -0.25) is 9.59 Å². The first-order valence-electron chi connectivity index (χ1n) is 7.48. The van der Waals surface area contributed by atoms with Crippen molar-refractivity contribution in [2.45, 2.75) is 24.4 Å². The van der Waals surface area contributed by atoms with Crippen LogP contribution in [0.2, 0.25) is 5.02 Å². The summed E-state index contributed by atoms with van der Waals surface area (Å²) < 4.78 is 0. The van der Waals surface area contributed by atoms with Crippen LogP contribution in [0.1, 0.15) is 24.1 Å². The summed E-state index contributed by atoms with van der Waals surface area (Å²) in [5.41, 5.74) is 2.79. The highest BCUT2D eigenvalue weighted by Crippen LogP contribution is 2.27. The average Bonchev–Trinajstić information content (AvgIpc) is 2.93. The third kappa shape index (κ3) is 3.88. The van der Waals surface area contributed by atoms with Gasteiger partial charge in [-0.2, -0.15) is 0 Å². The predicted octanol–water partition coefficient (Wildman–Crippen LogP) is 3.20. The second-order valence-corrected chi connectivity index (χ2v) is 6.88. The Hall–Kier alpha value is -2.05. The minimum Gasteiger partial charge on any atom is -0.349 e. The molecule has 7 heteroatoms. The van der Waals surface area contributed by atoms with Crippen molar-refractivity contribution in [2.24, 2.45) is 0 Å². The molecule has 2 N–H and O–H groups in total. The fourth-order valence-electron chi connectivity index (χ4n) is 2.50. The van der Waals surface area contributed by atoms with Crippen LogP contribution in [0.3, 0.4) is 0 Å². The molecule has 124 valence electrons. The highest BCUT2D eigenvalue weighted by molar-refractivity contribution is 8.00. The molecule has 0 saturated carbocycles. The summed E-state index contributed by atoms with van der Waals surface area (Å²) >= 11 is 7.33. The quantitative estimate of drug-likeness (QED) is 0.802. The fourth-order valence-corrected chi connectivity index (χ4v) is 3.47. The Kier molecular flexibility index (Phi) is 5.06. The summed E-state index contributed by atoms with van der Waals surface area (Å²) in [6.07, 6.45) is 2.03. The summed E-state index contributed by atoms with van der Waals surface area (Å²) in [5.74, 6) is 0.151. The van der Waals surface area contributed by atoms with Crippen LogP contribution in [0.15, 0.2) is 41.6 Å². The monoisotopic (exact) mass is 361 g/mol. The molecule has 0 aliphatic carbocycles. The Balaban J connectivity index is 1.58. The molecule has 1 aliphatic heterocycles. The summed E-state index contributed by atoms with van der Waals surface area (Å²) in [5, 5.41) is 6.93. The Labute approximate surface area is 149 Å². The molecule has 24 heavy (non-hydrogen) atoms. The van der Waals surface area contributed by atoms with Gasteiger partial charge >= 0.3 is 0 Å². The van der Waals surface area contributed by atoms with Gasteiger partial charge in [0.05, 0.1) is 23.2 Å². The molecule has 1 aromatic carbocycles. The van der Waals surface area contributed by atoms with Crippen LogP contribution in [0.4, 0.5) is 5.69 Å². The molecule has 0 saturated heterocycles. The van der Waals surface area contributed by atoms with Crippen molar-refractivity contribution in [3.63, 3.8) is 0 Å². The smallest absolute Gasteiger partial charge is 0.230 e. The number of fused-ring (bicyclic) bond motifs is 1. The van der Waals surface area contributed by atoms with Gasteiger partial charge in [-0.25, -0.2) is 4.98 Å². The molecule has 2 heterocycles. The zero-order chi connectivity index (χ0) is 17.1. The number of carbonyl (C=O) groups is 2. The van der Waals surface area contributed by atoms with Crippen LogP contribution in [-0.2, 0) is 16.0 Å². The molecular weight excluding hydrogens is 346 g/mol. The largest absolute Gasteiger partial charge is 0.349 e. The van der Waals surface area contributed by atoms with Crippen LogP contribution in [0.5, 0.6) is 0 Å². The molecule has 1 aromatic heterocycles. The standard InChI is InChI=1S/C17H16ClN3O2S/c1-10(11-4-5-14-12(7-11)8-15(22)21-14)20-16(23)9-24-17-13(18)3-2-6-19-17/h2-7,10H,8-9H2,1H3,(H,20,23)(H,21,22)/t10-/m0/s1. The second kappa shape index (κ2) is 7.23. The normalized spacial score (nSPS) is 14.0. The van der Waals surface area contributed by atoms with Crippen LogP contribution in [0, 0.1) is 0 Å². The topological polar surface area (TPSA) is 71.1 Å². The number of thioether (sulfide) groups is 1. The lowest BCUT2D eigenvalue weighted by molar-refractivity contribution is -0.119. The molecule has 0 bridgehead atoms. The number of amides is 2. The average molecular weight is 362 g/mol. The molecule has 1 aliphatic rings. The highest BCUT2D eigenvalue weighted by Gasteiger charge is 2.19. The molecule has 2 aromatic rings. The zero-order valence-electron chi connectivity index (χ0n) is 13.0. The Morgan fingerprint density at radius 2 is 2.29 bits per heavy atom. The first kappa shape index (κ1) is 16.8. The lowest BCUT2D eigenvalue weighted by atomic mass is 10.0. The number of rotatable bonds is 5. The molecule has 5 nitrogen and oxygen atoms in total. The van der Waals surface area contributed by atoms with Crippen molar-refractivity contribution in [1.29, 1.82) is 0 Å². The van der Waals surface area contributed by atoms with E-state index >= 15 is 0 Å². The number of aromatic nitrogens is 1. The number of nitrogens with zero attached hydrogens (tertiary/aromatic N) is 1. The molecule has 2 amide bonds. The summed E-state index contributed by atoms with van der Waals surface area (Å²) in [6, 6.07) is 9.11. The third-order valence-corrected chi connectivity index (χ3v) is 5.12. The van der Waals surface area contributed by atoms with E-state index in [-0.39, 0.29) is 23.6 Å². The minimum atomic E-state index is -0.140. The van der Waals surface area contributed by atoms with E-state index < -0.39 is 0 Å². The van der Waals surface area contributed by atoms with Crippen molar-refractivity contribution < 1.29 is 9.59 Å². The van der Waals surface area contributed by atoms with Crippen molar-refractivity contribution >= 4 is 40.9 Å². The van der Waals surface area contributed by atoms with Gasteiger partial charge in [-0.1, -0.05) is 35.5 Å². The van der Waals surface area contributed by atoms with E-state index in [4.69, 9.17) is 11.6 Å². The zero-order valence-corrected chi connectivity index (χ0v) is 14.6. The van der Waals surface area contributed by atoms with Gasteiger partial charge in [0.1, 0.15) is 5.03 Å². The summed E-state index contributed by atoms with van der Waals surface area (Å²) in [6.45, 7) is 1.92. The maximum absolute atomic E-state index is 12.1. The Morgan fingerprint density at radius 1 is 1.46 bits per heavy atom. The van der Waals surface area contributed by atoms with Crippen molar-refractivity contribution in [2.75, 3.05) is 11.1 Å². The number of anilines is 1. The van der Waals surface area contributed by atoms with Crippen LogP contribution in [-0.4, -0.2) is 22.6 Å². The maximum atomic E-state index is 12.1. The number of hydrogen-bond acceptors (Lipinski definition) is 4. The van der Waals surface area contributed by atoms with Gasteiger partial charge in [-0.05, 0) is 36.2 Å². The summed E-state index contributed by atoms with van der Waals surface area (Å²) in [7, 11) is 0. The first-order chi connectivity index (χ1) is 11.5. The number of pyridine rings is 1. The Morgan fingerprint density at radius 3 is 3.08 bits per heavy atom. The molecule has 0 radical (unpaired) electrons. The van der Waals surface area contributed by atoms with Crippen molar-refractivity contribution in [3.05, 3.63) is 52.7 Å². The third-order valence-electron chi connectivity index (χ3n) is 3.70. The maximum Gasteiger partial charge on any atom is 0.230 e. The van der Waals surface area contributed by atoms with Gasteiger partial charge in [0.15, 0.2) is 0 Å². The van der Waals surface area contributed by atoms with Gasteiger partial charge < -0.3 is 10.6 Å². The highest BCUT2D eigenvalue weighted by atomic mass is 35.5. The molecule has 3 rings (SSSR count). The predicted molar refractivity (Wildman–Crippen MR) is 95.3 cm³/mol. The van der Waals surface area contributed by atoms with Crippen LogP contribution in [0.25, 0.3) is 0 Å². The van der Waals surface area contributed by atoms with E-state index in [1.54, 1.807) is 18.3 Å². The van der Waals surface area contributed by atoms with E-state index in [0.717, 1.165) is 16.8 Å². The van der Waals surface area contributed by atoms with E-state index in [9.17, 15) is 9.59 Å². The van der Waals surface area contributed by atoms with Gasteiger partial charge in [-0.15, -0.1) is 0 Å². The van der Waals surface area contributed by atoms with Gasteiger partial charge in [0, 0.05) is 11.9 Å². The van der Waals surface area contributed by atoms with Crippen molar-refractivity contribution in [3.8, 4) is 0 Å². The van der Waals surface area contributed by atoms with E-state index in [2.05, 4.69) is 15.6 Å². The molecule has 1 atom stereocenters. The Bertz CT molecular complexity index is 797. The number of halogens is 1. The van der Waals surface area contributed by atoms with Gasteiger partial charge in [0.2, 0.25) is 11.8 Å². The molecule has 0 unspecified atom stereocenters. The van der Waals surface area contributed by atoms with E-state index in [0.29, 0.717) is 16.5 Å². The van der Waals surface area contributed by atoms with Crippen LogP contribution < -0.4 is 10.6 Å². The van der Waals surface area contributed by atoms with Crippen molar-refractivity contribution in [1.82, 2.24) is 10.3 Å². The number of carbonyl (C=O) groups excluding carboxylic acids is 2. The first-order valence-corrected chi connectivity index (χ1v) is 8.84. The SMILES string of the molecule is C[C@H](NC(=O)CSc1ncccc1Cl)c1ccc2c(c1)CC(=O)N2. The summed E-state index contributed by atoms with van der Waals surface area (Å²) in [4.78, 5) is 27.7. The molecular formula is C17H16ClN3O2S. The van der Waals surface area contributed by atoms with Crippen LogP contribution >= 0.6 is 23.4 Å².